The highest BCUT2D eigenvalue weighted by Crippen LogP contribution is 2.40. The number of benzene rings is 1. The van der Waals surface area contributed by atoms with E-state index in [2.05, 4.69) is 5.32 Å². The van der Waals surface area contributed by atoms with Gasteiger partial charge in [-0.05, 0) is 36.6 Å². The zero-order chi connectivity index (χ0) is 16.8. The summed E-state index contributed by atoms with van der Waals surface area (Å²) in [5, 5.41) is 2.66. The van der Waals surface area contributed by atoms with Gasteiger partial charge in [0, 0.05) is 24.3 Å². The second kappa shape index (κ2) is 5.51. The van der Waals surface area contributed by atoms with Crippen LogP contribution >= 0.6 is 0 Å². The summed E-state index contributed by atoms with van der Waals surface area (Å²) < 4.78 is 5.28. The van der Waals surface area contributed by atoms with Gasteiger partial charge in [-0.15, -0.1) is 0 Å². The zero-order valence-electron chi connectivity index (χ0n) is 13.4. The normalized spacial score (nSPS) is 22.6. The SMILES string of the molecule is CC(=O)NCC1CN(c2ccc3c(c2)CC(=O)N3C2CC2)C(=O)O1. The smallest absolute Gasteiger partial charge is 0.414 e. The Hall–Kier alpha value is -2.57. The van der Waals surface area contributed by atoms with E-state index < -0.39 is 6.09 Å². The average molecular weight is 329 g/mol. The van der Waals surface area contributed by atoms with E-state index in [9.17, 15) is 14.4 Å². The molecule has 3 aliphatic rings. The lowest BCUT2D eigenvalue weighted by Gasteiger charge is -2.18. The van der Waals surface area contributed by atoms with Gasteiger partial charge in [0.25, 0.3) is 0 Å². The number of nitrogens with zero attached hydrogens (tertiary/aromatic N) is 2. The second-order valence-corrected chi connectivity index (χ2v) is 6.54. The predicted octanol–water partition coefficient (Wildman–Crippen LogP) is 1.20. The maximum absolute atomic E-state index is 12.2. The summed E-state index contributed by atoms with van der Waals surface area (Å²) in [6.07, 6.45) is 1.73. The third-order valence-corrected chi connectivity index (χ3v) is 4.61. The van der Waals surface area contributed by atoms with Crippen LogP contribution in [0.15, 0.2) is 18.2 Å². The maximum Gasteiger partial charge on any atom is 0.414 e. The van der Waals surface area contributed by atoms with Crippen molar-refractivity contribution < 1.29 is 19.1 Å². The van der Waals surface area contributed by atoms with Crippen LogP contribution < -0.4 is 15.1 Å². The fourth-order valence-electron chi connectivity index (χ4n) is 3.33. The summed E-state index contributed by atoms with van der Waals surface area (Å²) in [4.78, 5) is 38.7. The first kappa shape index (κ1) is 15.0. The van der Waals surface area contributed by atoms with Crippen LogP contribution in [0.5, 0.6) is 0 Å². The van der Waals surface area contributed by atoms with Gasteiger partial charge in [0.2, 0.25) is 11.8 Å². The number of fused-ring (bicyclic) bond motifs is 1. The van der Waals surface area contributed by atoms with E-state index in [1.165, 1.54) is 6.92 Å². The Morgan fingerprint density at radius 2 is 2.12 bits per heavy atom. The molecule has 3 amide bonds. The quantitative estimate of drug-likeness (QED) is 0.900. The van der Waals surface area contributed by atoms with Gasteiger partial charge in [0.15, 0.2) is 0 Å². The Kier molecular flexibility index (Phi) is 3.44. The Bertz CT molecular complexity index is 729. The molecular weight excluding hydrogens is 310 g/mol. The van der Waals surface area contributed by atoms with Gasteiger partial charge in [-0.1, -0.05) is 0 Å². The minimum atomic E-state index is -0.423. The van der Waals surface area contributed by atoms with Crippen molar-refractivity contribution in [3.8, 4) is 0 Å². The Labute approximate surface area is 139 Å². The number of amides is 3. The molecule has 4 rings (SSSR count). The fraction of sp³-hybridized carbons (Fsp3) is 0.471. The monoisotopic (exact) mass is 329 g/mol. The Morgan fingerprint density at radius 1 is 1.33 bits per heavy atom. The molecule has 0 spiro atoms. The van der Waals surface area contributed by atoms with Gasteiger partial charge >= 0.3 is 6.09 Å². The first-order valence-electron chi connectivity index (χ1n) is 8.20. The molecule has 7 nitrogen and oxygen atoms in total. The maximum atomic E-state index is 12.2. The minimum absolute atomic E-state index is 0.136. The van der Waals surface area contributed by atoms with Gasteiger partial charge in [-0.3, -0.25) is 14.5 Å². The molecule has 1 saturated heterocycles. The topological polar surface area (TPSA) is 79.0 Å². The van der Waals surface area contributed by atoms with Gasteiger partial charge in [0.05, 0.1) is 19.5 Å². The van der Waals surface area contributed by atoms with Crippen LogP contribution in [0, 0.1) is 0 Å². The third kappa shape index (κ3) is 2.60. The molecule has 1 aromatic rings. The lowest BCUT2D eigenvalue weighted by molar-refractivity contribution is -0.119. The highest BCUT2D eigenvalue weighted by atomic mass is 16.6. The molecule has 1 aliphatic carbocycles. The van der Waals surface area contributed by atoms with E-state index >= 15 is 0 Å². The van der Waals surface area contributed by atoms with Gasteiger partial charge < -0.3 is 15.0 Å². The van der Waals surface area contributed by atoms with Crippen LogP contribution in [0.1, 0.15) is 25.3 Å². The molecule has 126 valence electrons. The van der Waals surface area contributed by atoms with Crippen molar-refractivity contribution >= 4 is 29.3 Å². The van der Waals surface area contributed by atoms with Crippen LogP contribution in [0.2, 0.25) is 0 Å². The molecule has 2 heterocycles. The van der Waals surface area contributed by atoms with E-state index in [1.807, 2.05) is 23.1 Å². The molecule has 7 heteroatoms. The van der Waals surface area contributed by atoms with Crippen LogP contribution in [-0.2, 0) is 20.7 Å². The standard InChI is InChI=1S/C17H19N3O4/c1-10(21)18-8-14-9-19(17(23)24-14)13-4-5-15-11(6-13)7-16(22)20(15)12-2-3-12/h4-6,12,14H,2-3,7-9H2,1H3,(H,18,21). The number of rotatable bonds is 4. The number of hydrogen-bond acceptors (Lipinski definition) is 4. The molecule has 2 aliphatic heterocycles. The number of carbonyl (C=O) groups excluding carboxylic acids is 3. The van der Waals surface area contributed by atoms with Crippen molar-refractivity contribution in [1.29, 1.82) is 0 Å². The van der Waals surface area contributed by atoms with Crippen molar-refractivity contribution in [2.75, 3.05) is 22.9 Å². The molecule has 1 aromatic carbocycles. The molecule has 1 saturated carbocycles. The first-order valence-corrected chi connectivity index (χ1v) is 8.20. The number of ether oxygens (including phenoxy) is 1. The summed E-state index contributed by atoms with van der Waals surface area (Å²) >= 11 is 0. The van der Waals surface area contributed by atoms with Crippen molar-refractivity contribution in [3.63, 3.8) is 0 Å². The Morgan fingerprint density at radius 3 is 2.83 bits per heavy atom. The molecular formula is C17H19N3O4. The highest BCUT2D eigenvalue weighted by molar-refractivity contribution is 6.03. The summed E-state index contributed by atoms with van der Waals surface area (Å²) in [7, 11) is 0. The van der Waals surface area contributed by atoms with Gasteiger partial charge in [0.1, 0.15) is 6.10 Å². The van der Waals surface area contributed by atoms with E-state index in [0.717, 1.165) is 29.8 Å². The van der Waals surface area contributed by atoms with Gasteiger partial charge in [-0.2, -0.15) is 0 Å². The van der Waals surface area contributed by atoms with Crippen molar-refractivity contribution in [2.45, 2.75) is 38.3 Å². The molecule has 24 heavy (non-hydrogen) atoms. The van der Waals surface area contributed by atoms with E-state index in [0.29, 0.717) is 25.6 Å². The van der Waals surface area contributed by atoms with Crippen LogP contribution in [0.3, 0.4) is 0 Å². The number of hydrogen-bond donors (Lipinski definition) is 1. The van der Waals surface area contributed by atoms with E-state index in [1.54, 1.807) is 4.90 Å². The van der Waals surface area contributed by atoms with E-state index in [4.69, 9.17) is 4.74 Å². The fourth-order valence-corrected chi connectivity index (χ4v) is 3.33. The summed E-state index contributed by atoms with van der Waals surface area (Å²) in [6.45, 7) is 2.12. The number of cyclic esters (lactones) is 1. The van der Waals surface area contributed by atoms with Crippen LogP contribution in [0.4, 0.5) is 16.2 Å². The van der Waals surface area contributed by atoms with Gasteiger partial charge in [-0.25, -0.2) is 4.79 Å². The summed E-state index contributed by atoms with van der Waals surface area (Å²) in [5.41, 5.74) is 2.66. The molecule has 0 aromatic heterocycles. The lowest BCUT2D eigenvalue weighted by Crippen LogP contribution is -2.33. The van der Waals surface area contributed by atoms with Crippen molar-refractivity contribution in [1.82, 2.24) is 5.32 Å². The van der Waals surface area contributed by atoms with Crippen molar-refractivity contribution in [3.05, 3.63) is 23.8 Å². The summed E-state index contributed by atoms with van der Waals surface area (Å²) in [6, 6.07) is 6.03. The van der Waals surface area contributed by atoms with Crippen LogP contribution in [0.25, 0.3) is 0 Å². The molecule has 1 atom stereocenters. The molecule has 0 bridgehead atoms. The number of nitrogens with one attached hydrogen (secondary N) is 1. The molecule has 1 unspecified atom stereocenters. The average Bonchev–Trinajstić information content (AvgIpc) is 3.21. The first-order chi connectivity index (χ1) is 11.5. The molecule has 1 N–H and O–H groups in total. The zero-order valence-corrected chi connectivity index (χ0v) is 13.4. The highest BCUT2D eigenvalue weighted by Gasteiger charge is 2.39. The lowest BCUT2D eigenvalue weighted by atomic mass is 10.1. The largest absolute Gasteiger partial charge is 0.442 e. The second-order valence-electron chi connectivity index (χ2n) is 6.54. The summed E-state index contributed by atoms with van der Waals surface area (Å²) in [5.74, 6) is -0.0158. The molecule has 0 radical (unpaired) electrons. The number of anilines is 2. The van der Waals surface area contributed by atoms with Crippen LogP contribution in [-0.4, -0.2) is 43.1 Å². The number of carbonyl (C=O) groups is 3. The Balaban J connectivity index is 1.51. The third-order valence-electron chi connectivity index (χ3n) is 4.61. The van der Waals surface area contributed by atoms with Crippen molar-refractivity contribution in [2.24, 2.45) is 0 Å². The molecule has 2 fully saturated rings. The predicted molar refractivity (Wildman–Crippen MR) is 87.0 cm³/mol. The minimum Gasteiger partial charge on any atom is -0.442 e. The van der Waals surface area contributed by atoms with E-state index in [-0.39, 0.29) is 17.9 Å².